The number of hydrogen-bond acceptors (Lipinski definition) is 5. The molecular formula is C25H17FI2N2O4S. The van der Waals surface area contributed by atoms with Crippen LogP contribution in [-0.2, 0) is 11.4 Å². The molecule has 3 aromatic rings. The number of amides is 1. The maximum Gasteiger partial charge on any atom is 0.335 e. The van der Waals surface area contributed by atoms with Gasteiger partial charge in [0, 0.05) is 7.05 Å². The van der Waals surface area contributed by atoms with Gasteiger partial charge in [-0.05, 0) is 123 Å². The molecule has 0 radical (unpaired) electrons. The van der Waals surface area contributed by atoms with Gasteiger partial charge in [-0.3, -0.25) is 9.69 Å². The van der Waals surface area contributed by atoms with Gasteiger partial charge in [0.15, 0.2) is 5.17 Å². The van der Waals surface area contributed by atoms with Crippen LogP contribution in [0, 0.1) is 13.0 Å². The Hall–Kier alpha value is -2.45. The summed E-state index contributed by atoms with van der Waals surface area (Å²) in [5, 5.41) is 9.54. The largest absolute Gasteiger partial charge is 0.487 e. The van der Waals surface area contributed by atoms with E-state index in [1.807, 2.05) is 18.2 Å². The molecule has 0 unspecified atom stereocenters. The average molecular weight is 714 g/mol. The van der Waals surface area contributed by atoms with Gasteiger partial charge in [0.2, 0.25) is 0 Å². The second-order valence-electron chi connectivity index (χ2n) is 7.45. The number of aliphatic imine (C=N–C) groups is 1. The standard InChI is InChI=1S/C25H17FI2N2O4S/c1-30-23(31)21(35-25(30)29-18-8-4-16(5-9-18)24(32)33)12-15-10-19(27)22(20(28)11-15)34-13-14-2-6-17(26)7-3-14/h2-12H,13H2,1H3,(H,32,33)/b21-12-,29-25?. The van der Waals surface area contributed by atoms with Crippen LogP contribution in [0.3, 0.4) is 0 Å². The van der Waals surface area contributed by atoms with Gasteiger partial charge in [0.25, 0.3) is 5.91 Å². The molecule has 1 aliphatic heterocycles. The maximum atomic E-state index is 13.1. The molecule has 0 atom stereocenters. The van der Waals surface area contributed by atoms with Crippen LogP contribution in [0.4, 0.5) is 10.1 Å². The van der Waals surface area contributed by atoms with Gasteiger partial charge in [-0.1, -0.05) is 12.1 Å². The van der Waals surface area contributed by atoms with Gasteiger partial charge in [-0.15, -0.1) is 0 Å². The van der Waals surface area contributed by atoms with Crippen molar-refractivity contribution < 1.29 is 23.8 Å². The van der Waals surface area contributed by atoms with Gasteiger partial charge in [0.1, 0.15) is 18.2 Å². The third-order valence-electron chi connectivity index (χ3n) is 4.96. The lowest BCUT2D eigenvalue weighted by molar-refractivity contribution is -0.121. The molecule has 10 heteroatoms. The van der Waals surface area contributed by atoms with E-state index in [0.717, 1.165) is 24.0 Å². The Kier molecular flexibility index (Phi) is 8.12. The Morgan fingerprint density at radius 3 is 2.34 bits per heavy atom. The Morgan fingerprint density at radius 1 is 1.11 bits per heavy atom. The number of carboxylic acids is 1. The van der Waals surface area contributed by atoms with Gasteiger partial charge in [-0.2, -0.15) is 0 Å². The molecule has 35 heavy (non-hydrogen) atoms. The molecule has 1 N–H and O–H groups in total. The Bertz CT molecular complexity index is 1340. The molecule has 0 spiro atoms. The number of nitrogens with zero attached hydrogens (tertiary/aromatic N) is 2. The summed E-state index contributed by atoms with van der Waals surface area (Å²) in [4.78, 5) is 30.3. The van der Waals surface area contributed by atoms with Crippen LogP contribution in [0.5, 0.6) is 5.75 Å². The summed E-state index contributed by atoms with van der Waals surface area (Å²) in [6.07, 6.45) is 1.81. The molecular weight excluding hydrogens is 697 g/mol. The SMILES string of the molecule is CN1C(=O)/C(=C/c2cc(I)c(OCc3ccc(F)cc3)c(I)c2)SC1=Nc1ccc(C(=O)O)cc1. The molecule has 0 aliphatic carbocycles. The third kappa shape index (κ3) is 6.22. The fourth-order valence-electron chi connectivity index (χ4n) is 3.13. The van der Waals surface area contributed by atoms with Crippen molar-refractivity contribution in [2.45, 2.75) is 6.61 Å². The second kappa shape index (κ2) is 11.1. The molecule has 1 aliphatic rings. The minimum atomic E-state index is -1.01. The van der Waals surface area contributed by atoms with Crippen molar-refractivity contribution in [3.05, 3.63) is 95.2 Å². The number of thioether (sulfide) groups is 1. The quantitative estimate of drug-likeness (QED) is 0.232. The molecule has 1 amide bonds. The monoisotopic (exact) mass is 714 g/mol. The fourth-order valence-corrected chi connectivity index (χ4v) is 6.24. The number of benzene rings is 3. The first kappa shape index (κ1) is 25.6. The third-order valence-corrected chi connectivity index (χ3v) is 7.62. The first-order chi connectivity index (χ1) is 16.7. The minimum absolute atomic E-state index is 0.169. The van der Waals surface area contributed by atoms with Crippen LogP contribution >= 0.6 is 56.9 Å². The van der Waals surface area contributed by atoms with Gasteiger partial charge < -0.3 is 9.84 Å². The van der Waals surface area contributed by atoms with Crippen LogP contribution in [0.1, 0.15) is 21.5 Å². The molecule has 1 heterocycles. The van der Waals surface area contributed by atoms with Gasteiger partial charge in [0.05, 0.1) is 23.3 Å². The van der Waals surface area contributed by atoms with Crippen LogP contribution in [0.2, 0.25) is 0 Å². The molecule has 0 bridgehead atoms. The van der Waals surface area contributed by atoms with Crippen LogP contribution in [0.25, 0.3) is 6.08 Å². The highest BCUT2D eigenvalue weighted by Gasteiger charge is 2.30. The summed E-state index contributed by atoms with van der Waals surface area (Å²) < 4.78 is 20.9. The zero-order valence-corrected chi connectivity index (χ0v) is 23.3. The number of aromatic carboxylic acids is 1. The van der Waals surface area contributed by atoms with Crippen molar-refractivity contribution in [2.24, 2.45) is 4.99 Å². The normalized spacial score (nSPS) is 15.8. The van der Waals surface area contributed by atoms with Crippen molar-refractivity contribution in [3.8, 4) is 5.75 Å². The second-order valence-corrected chi connectivity index (χ2v) is 10.8. The van der Waals surface area contributed by atoms with Crippen molar-refractivity contribution in [3.63, 3.8) is 0 Å². The van der Waals surface area contributed by atoms with Crippen molar-refractivity contribution in [1.82, 2.24) is 4.90 Å². The topological polar surface area (TPSA) is 79.2 Å². The molecule has 1 saturated heterocycles. The first-order valence-corrected chi connectivity index (χ1v) is 13.1. The smallest absolute Gasteiger partial charge is 0.335 e. The number of amidine groups is 1. The summed E-state index contributed by atoms with van der Waals surface area (Å²) in [5.41, 5.74) is 2.45. The van der Waals surface area contributed by atoms with E-state index in [0.29, 0.717) is 22.4 Å². The van der Waals surface area contributed by atoms with Crippen LogP contribution < -0.4 is 4.74 Å². The predicted molar refractivity (Wildman–Crippen MR) is 151 cm³/mol. The summed E-state index contributed by atoms with van der Waals surface area (Å²) >= 11 is 5.65. The minimum Gasteiger partial charge on any atom is -0.487 e. The Labute approximate surface area is 232 Å². The van der Waals surface area contributed by atoms with E-state index in [9.17, 15) is 14.0 Å². The summed E-state index contributed by atoms with van der Waals surface area (Å²) in [5.74, 6) is -0.734. The predicted octanol–water partition coefficient (Wildman–Crippen LogP) is 6.55. The number of halogens is 3. The molecule has 178 valence electrons. The lowest BCUT2D eigenvalue weighted by atomic mass is 10.2. The molecule has 3 aromatic carbocycles. The van der Waals surface area contributed by atoms with E-state index >= 15 is 0 Å². The molecule has 0 saturated carbocycles. The number of ether oxygens (including phenoxy) is 1. The van der Waals surface area contributed by atoms with Gasteiger partial charge in [-0.25, -0.2) is 14.2 Å². The fraction of sp³-hybridized carbons (Fsp3) is 0.0800. The van der Waals surface area contributed by atoms with Crippen LogP contribution in [0.15, 0.2) is 70.6 Å². The summed E-state index contributed by atoms with van der Waals surface area (Å²) in [6, 6.07) is 16.2. The Balaban J connectivity index is 1.52. The molecule has 6 nitrogen and oxygen atoms in total. The average Bonchev–Trinajstić information content (AvgIpc) is 3.07. The molecule has 4 rings (SSSR count). The number of carbonyl (C=O) groups excluding carboxylic acids is 1. The van der Waals surface area contributed by atoms with E-state index in [1.54, 1.807) is 31.3 Å². The number of hydrogen-bond donors (Lipinski definition) is 1. The van der Waals surface area contributed by atoms with Gasteiger partial charge >= 0.3 is 5.97 Å². The first-order valence-electron chi connectivity index (χ1n) is 10.2. The van der Waals surface area contributed by atoms with Crippen LogP contribution in [-0.4, -0.2) is 34.1 Å². The number of carbonyl (C=O) groups is 2. The molecule has 1 fully saturated rings. The highest BCUT2D eigenvalue weighted by Crippen LogP contribution is 2.35. The summed E-state index contributed by atoms with van der Waals surface area (Å²) in [6.45, 7) is 0.319. The highest BCUT2D eigenvalue weighted by molar-refractivity contribution is 14.1. The van der Waals surface area contributed by atoms with E-state index in [4.69, 9.17) is 9.84 Å². The lowest BCUT2D eigenvalue weighted by Crippen LogP contribution is -2.23. The maximum absolute atomic E-state index is 13.1. The summed E-state index contributed by atoms with van der Waals surface area (Å²) in [7, 11) is 1.65. The zero-order valence-electron chi connectivity index (χ0n) is 18.2. The molecule has 0 aromatic heterocycles. The highest BCUT2D eigenvalue weighted by atomic mass is 127. The number of carboxylic acid groups (broad SMARTS) is 1. The van der Waals surface area contributed by atoms with E-state index in [2.05, 4.69) is 50.2 Å². The van der Waals surface area contributed by atoms with Crippen molar-refractivity contribution >= 4 is 85.8 Å². The van der Waals surface area contributed by atoms with E-state index < -0.39 is 5.97 Å². The van der Waals surface area contributed by atoms with Crippen molar-refractivity contribution in [1.29, 1.82) is 0 Å². The Morgan fingerprint density at radius 2 is 1.74 bits per heavy atom. The number of likely N-dealkylation sites (N-methyl/N-ethyl adjacent to an activating group) is 1. The lowest BCUT2D eigenvalue weighted by Gasteiger charge is -2.12. The van der Waals surface area contributed by atoms with E-state index in [-0.39, 0.29) is 17.3 Å². The van der Waals surface area contributed by atoms with E-state index in [1.165, 1.54) is 40.9 Å². The van der Waals surface area contributed by atoms with Crippen molar-refractivity contribution in [2.75, 3.05) is 7.05 Å². The number of rotatable bonds is 6. The zero-order chi connectivity index (χ0) is 25.1.